The second-order valence-electron chi connectivity index (χ2n) is 8.40. The average Bonchev–Trinajstić information content (AvgIpc) is 2.92. The van der Waals surface area contributed by atoms with Gasteiger partial charge in [0.25, 0.3) is 5.91 Å². The first kappa shape index (κ1) is 28.0. The Bertz CT molecular complexity index is 1280. The van der Waals surface area contributed by atoms with E-state index in [0.29, 0.717) is 24.3 Å². The monoisotopic (exact) mass is 536 g/mol. The lowest BCUT2D eigenvalue weighted by atomic mass is 10.1. The number of rotatable bonds is 6. The van der Waals surface area contributed by atoms with Crippen molar-refractivity contribution in [1.29, 1.82) is 5.41 Å². The topological polar surface area (TPSA) is 157 Å². The Morgan fingerprint density at radius 3 is 2.03 bits per heavy atom. The molecule has 3 aromatic carbocycles. The summed E-state index contributed by atoms with van der Waals surface area (Å²) in [4.78, 5) is 39.7. The van der Waals surface area contributed by atoms with Gasteiger partial charge in [0.1, 0.15) is 12.4 Å². The summed E-state index contributed by atoms with van der Waals surface area (Å²) in [5.74, 6) is -1.73. The van der Waals surface area contributed by atoms with E-state index in [1.54, 1.807) is 53.4 Å². The Morgan fingerprint density at radius 2 is 1.47 bits per heavy atom. The molecule has 1 heterocycles. The Morgan fingerprint density at radius 1 is 0.868 bits per heavy atom. The van der Waals surface area contributed by atoms with Gasteiger partial charge in [-0.15, -0.1) is 0 Å². The first-order valence-electron chi connectivity index (χ1n) is 11.7. The predicted molar refractivity (Wildman–Crippen MR) is 148 cm³/mol. The minimum Gasteiger partial charge on any atom is -0.480 e. The van der Waals surface area contributed by atoms with Gasteiger partial charge < -0.3 is 26.4 Å². The third kappa shape index (κ3) is 7.71. The molecule has 1 fully saturated rings. The van der Waals surface area contributed by atoms with E-state index in [4.69, 9.17) is 33.6 Å². The van der Waals surface area contributed by atoms with Gasteiger partial charge in [-0.3, -0.25) is 19.9 Å². The summed E-state index contributed by atoms with van der Waals surface area (Å²) in [5, 5.41) is 17.2. The minimum absolute atomic E-state index is 0.154. The van der Waals surface area contributed by atoms with Crippen molar-refractivity contribution < 1.29 is 19.5 Å². The molecule has 4 rings (SSSR count). The number of halogens is 1. The highest BCUT2D eigenvalue weighted by Gasteiger charge is 2.21. The molecule has 3 aromatic rings. The van der Waals surface area contributed by atoms with Crippen LogP contribution < -0.4 is 21.3 Å². The molecule has 0 aromatic heterocycles. The van der Waals surface area contributed by atoms with Crippen molar-refractivity contribution in [3.63, 3.8) is 0 Å². The summed E-state index contributed by atoms with van der Waals surface area (Å²) < 4.78 is 0. The van der Waals surface area contributed by atoms with Crippen LogP contribution in [0.2, 0.25) is 5.02 Å². The standard InChI is InChI=1S/C16H15N3O3.C11H14ClN3O/c17-15(18)11-5-4-6-12(9-11)16(22)19(10-14(20)21)13-7-2-1-3-8-13;12-9-1-3-10(4-2-9)14-5-7-15(8-6-14)11(13)16/h1-9H,10H2,(H3,17,18)(H,20,21);1-4H,5-8H2,(H2,13,16). The predicted octanol–water partition coefficient (Wildman–Crippen LogP) is 3.24. The van der Waals surface area contributed by atoms with Crippen LogP contribution in [0.5, 0.6) is 0 Å². The van der Waals surface area contributed by atoms with Gasteiger partial charge in [0.15, 0.2) is 0 Å². The van der Waals surface area contributed by atoms with Crippen LogP contribution in [0.4, 0.5) is 16.2 Å². The van der Waals surface area contributed by atoms with Gasteiger partial charge in [0, 0.05) is 53.7 Å². The summed E-state index contributed by atoms with van der Waals surface area (Å²) in [7, 11) is 0. The molecule has 198 valence electrons. The van der Waals surface area contributed by atoms with Gasteiger partial charge in [0.2, 0.25) is 0 Å². The molecule has 0 spiro atoms. The number of nitrogen functional groups attached to an aromatic ring is 1. The van der Waals surface area contributed by atoms with Gasteiger partial charge in [0.05, 0.1) is 0 Å². The van der Waals surface area contributed by atoms with E-state index in [1.807, 2.05) is 24.3 Å². The molecule has 0 aliphatic carbocycles. The molecule has 0 unspecified atom stereocenters. The normalized spacial score (nSPS) is 12.7. The van der Waals surface area contributed by atoms with Crippen molar-refractivity contribution in [3.8, 4) is 0 Å². The molecule has 38 heavy (non-hydrogen) atoms. The number of primary amides is 1. The number of para-hydroxylation sites is 1. The number of amides is 3. The van der Waals surface area contributed by atoms with Crippen LogP contribution in [0, 0.1) is 5.41 Å². The fourth-order valence-corrected chi connectivity index (χ4v) is 3.96. The number of anilines is 2. The van der Waals surface area contributed by atoms with E-state index in [2.05, 4.69) is 4.90 Å². The number of nitrogens with two attached hydrogens (primary N) is 2. The summed E-state index contributed by atoms with van der Waals surface area (Å²) >= 11 is 5.83. The fourth-order valence-electron chi connectivity index (χ4n) is 3.84. The van der Waals surface area contributed by atoms with E-state index in [9.17, 15) is 14.4 Å². The number of hydrogen-bond acceptors (Lipinski definition) is 5. The molecule has 1 saturated heterocycles. The Kier molecular flexibility index (Phi) is 9.66. The van der Waals surface area contributed by atoms with Crippen LogP contribution >= 0.6 is 11.6 Å². The zero-order valence-corrected chi connectivity index (χ0v) is 21.3. The van der Waals surface area contributed by atoms with Crippen molar-refractivity contribution in [1.82, 2.24) is 4.90 Å². The first-order chi connectivity index (χ1) is 18.2. The summed E-state index contributed by atoms with van der Waals surface area (Å²) in [5.41, 5.74) is 12.9. The molecule has 0 atom stereocenters. The molecule has 0 saturated carbocycles. The average molecular weight is 537 g/mol. The minimum atomic E-state index is -1.11. The third-order valence-corrected chi connectivity index (χ3v) is 6.06. The van der Waals surface area contributed by atoms with E-state index in [0.717, 1.165) is 23.8 Å². The molecule has 10 nitrogen and oxygen atoms in total. The van der Waals surface area contributed by atoms with Gasteiger partial charge in [-0.2, -0.15) is 0 Å². The van der Waals surface area contributed by atoms with Gasteiger partial charge in [-0.05, 0) is 48.5 Å². The van der Waals surface area contributed by atoms with Gasteiger partial charge in [-0.25, -0.2) is 4.79 Å². The molecule has 0 radical (unpaired) electrons. The van der Waals surface area contributed by atoms with Crippen molar-refractivity contribution in [2.24, 2.45) is 11.5 Å². The maximum absolute atomic E-state index is 12.6. The zero-order valence-electron chi connectivity index (χ0n) is 20.6. The van der Waals surface area contributed by atoms with Crippen LogP contribution in [0.1, 0.15) is 15.9 Å². The lowest BCUT2D eigenvalue weighted by Gasteiger charge is -2.35. The third-order valence-electron chi connectivity index (χ3n) is 5.81. The van der Waals surface area contributed by atoms with Crippen LogP contribution in [0.3, 0.4) is 0 Å². The number of urea groups is 1. The van der Waals surface area contributed by atoms with Crippen molar-refractivity contribution >= 4 is 46.7 Å². The highest BCUT2D eigenvalue weighted by molar-refractivity contribution is 6.30. The number of carbonyl (C=O) groups is 3. The maximum Gasteiger partial charge on any atom is 0.323 e. The molecular weight excluding hydrogens is 508 g/mol. The molecule has 1 aliphatic heterocycles. The molecule has 6 N–H and O–H groups in total. The number of carboxylic acids is 1. The highest BCUT2D eigenvalue weighted by Crippen LogP contribution is 2.20. The summed E-state index contributed by atoms with van der Waals surface area (Å²) in [6, 6.07) is 22.2. The number of amidine groups is 1. The summed E-state index contributed by atoms with van der Waals surface area (Å²) in [6.45, 7) is 2.53. The number of nitrogens with zero attached hydrogens (tertiary/aromatic N) is 3. The zero-order chi connectivity index (χ0) is 27.7. The van der Waals surface area contributed by atoms with Crippen LogP contribution in [0.15, 0.2) is 78.9 Å². The molecule has 11 heteroatoms. The number of carbonyl (C=O) groups excluding carboxylic acids is 2. The lowest BCUT2D eigenvalue weighted by molar-refractivity contribution is -0.135. The largest absolute Gasteiger partial charge is 0.480 e. The molecule has 1 aliphatic rings. The lowest BCUT2D eigenvalue weighted by Crippen LogP contribution is -2.50. The fraction of sp³-hybridized carbons (Fsp3) is 0.185. The Balaban J connectivity index is 0.000000221. The molecule has 0 bridgehead atoms. The number of aliphatic carboxylic acids is 1. The number of carboxylic acid groups (broad SMARTS) is 1. The first-order valence-corrected chi connectivity index (χ1v) is 12.1. The second kappa shape index (κ2) is 13.1. The Hall–Kier alpha value is -4.57. The molecular formula is C27H29ClN6O4. The smallest absolute Gasteiger partial charge is 0.323 e. The van der Waals surface area contributed by atoms with E-state index < -0.39 is 18.4 Å². The van der Waals surface area contributed by atoms with Crippen molar-refractivity contribution in [3.05, 3.63) is 95.0 Å². The second-order valence-corrected chi connectivity index (χ2v) is 8.84. The maximum atomic E-state index is 12.6. The number of nitrogens with one attached hydrogen (secondary N) is 1. The number of hydrogen-bond donors (Lipinski definition) is 4. The quantitative estimate of drug-likeness (QED) is 0.280. The van der Waals surface area contributed by atoms with E-state index in [-0.39, 0.29) is 17.4 Å². The van der Waals surface area contributed by atoms with Crippen LogP contribution in [-0.4, -0.2) is 66.5 Å². The van der Waals surface area contributed by atoms with Crippen molar-refractivity contribution in [2.75, 3.05) is 42.5 Å². The van der Waals surface area contributed by atoms with Gasteiger partial charge in [-0.1, -0.05) is 41.9 Å². The SMILES string of the molecule is N=C(N)c1cccc(C(=O)N(CC(=O)O)c2ccccc2)c1.NC(=O)N1CCN(c2ccc(Cl)cc2)CC1. The van der Waals surface area contributed by atoms with Crippen LogP contribution in [0.25, 0.3) is 0 Å². The van der Waals surface area contributed by atoms with E-state index in [1.165, 1.54) is 11.0 Å². The highest BCUT2D eigenvalue weighted by atomic mass is 35.5. The summed E-state index contributed by atoms with van der Waals surface area (Å²) in [6.07, 6.45) is 0. The number of benzene rings is 3. The van der Waals surface area contributed by atoms with Crippen LogP contribution in [-0.2, 0) is 4.79 Å². The van der Waals surface area contributed by atoms with E-state index >= 15 is 0 Å². The van der Waals surface area contributed by atoms with Crippen molar-refractivity contribution in [2.45, 2.75) is 0 Å². The van der Waals surface area contributed by atoms with Gasteiger partial charge >= 0.3 is 12.0 Å². The molecule has 3 amide bonds. The number of piperazine rings is 1. The Labute approximate surface area is 225 Å².